The molecule has 2 fully saturated rings. The summed E-state index contributed by atoms with van der Waals surface area (Å²) in [5.74, 6) is 0. The molecule has 1 saturated heterocycles. The Morgan fingerprint density at radius 1 is 0.645 bits per heavy atom. The molecule has 0 radical (unpaired) electrons. The molecule has 0 aromatic heterocycles. The van der Waals surface area contributed by atoms with Crippen LogP contribution in [0.4, 0.5) is 0 Å². The fourth-order valence-electron chi connectivity index (χ4n) is 4.24. The van der Waals surface area contributed by atoms with Crippen LogP contribution in [0.3, 0.4) is 0 Å². The molecule has 2 rings (SSSR count). The molecule has 1 heterocycles. The molecule has 31 heavy (non-hydrogen) atoms. The van der Waals surface area contributed by atoms with Crippen molar-refractivity contribution in [3.05, 3.63) is 0 Å². The van der Waals surface area contributed by atoms with Crippen LogP contribution in [0.15, 0.2) is 0 Å². The standard InChI is InChI=1S/C20H43N5O3.2ClH.Mn/c1-26-13-16-10-23-17(14-27-2)11-24-18(15-28-3)12-25-20-7-5-4-6-19(20)22-9-8-21-16;;;/h16-25H,4-15H2,1-3H3;2*1H;/q;;;+2/p-2/t16-,17-,18+,19?,20?;;;/m0.../s1. The van der Waals surface area contributed by atoms with E-state index in [0.29, 0.717) is 31.9 Å². The van der Waals surface area contributed by atoms with Crippen molar-refractivity contribution in [2.45, 2.75) is 55.9 Å². The number of methoxy groups -OCH3 is 3. The molecule has 11 heteroatoms. The van der Waals surface area contributed by atoms with Crippen LogP contribution < -0.4 is 26.6 Å². The predicted octanol–water partition coefficient (Wildman–Crippen LogP) is 0.681. The van der Waals surface area contributed by atoms with Gasteiger partial charge in [0.1, 0.15) is 0 Å². The Morgan fingerprint density at radius 2 is 1.03 bits per heavy atom. The van der Waals surface area contributed by atoms with Crippen molar-refractivity contribution in [1.29, 1.82) is 0 Å². The molecule has 5 N–H and O–H groups in total. The zero-order valence-corrected chi connectivity index (χ0v) is 21.9. The normalized spacial score (nSPS) is 31.5. The van der Waals surface area contributed by atoms with Gasteiger partial charge in [0, 0.05) is 84.3 Å². The van der Waals surface area contributed by atoms with Crippen molar-refractivity contribution in [2.75, 3.05) is 73.9 Å². The Bertz CT molecular complexity index is 421. The van der Waals surface area contributed by atoms with Crippen LogP contribution in [0.1, 0.15) is 25.7 Å². The quantitative estimate of drug-likeness (QED) is 0.323. The predicted molar refractivity (Wildman–Crippen MR) is 125 cm³/mol. The van der Waals surface area contributed by atoms with Gasteiger partial charge in [-0.2, -0.15) is 0 Å². The van der Waals surface area contributed by atoms with E-state index in [2.05, 4.69) is 26.6 Å². The second-order valence-electron chi connectivity index (χ2n) is 8.14. The van der Waals surface area contributed by atoms with Crippen molar-refractivity contribution in [3.63, 3.8) is 0 Å². The molecule has 0 bridgehead atoms. The van der Waals surface area contributed by atoms with Gasteiger partial charge < -0.3 is 40.8 Å². The SMILES string of the molecule is COC[C@H]1CNC2CCCCC2NCCN[C@H](COC)CN[C@H](COC)CN1.[Cl][Mn][Cl]. The summed E-state index contributed by atoms with van der Waals surface area (Å²) >= 11 is 0.00694. The maximum atomic E-state index is 5.45. The molecule has 2 aliphatic rings. The molecular weight excluding hydrogens is 484 g/mol. The molecule has 5 atom stereocenters. The number of fused-ring (bicyclic) bond motifs is 1. The van der Waals surface area contributed by atoms with Crippen LogP contribution in [0.2, 0.25) is 0 Å². The summed E-state index contributed by atoms with van der Waals surface area (Å²) in [6.45, 7) is 6.60. The summed E-state index contributed by atoms with van der Waals surface area (Å²) < 4.78 is 16.3. The Labute approximate surface area is 203 Å². The molecule has 0 aromatic carbocycles. The third kappa shape index (κ3) is 13.9. The third-order valence-corrected chi connectivity index (χ3v) is 5.77. The van der Waals surface area contributed by atoms with Gasteiger partial charge in [0.25, 0.3) is 0 Å². The summed E-state index contributed by atoms with van der Waals surface area (Å²) in [6.07, 6.45) is 5.12. The van der Waals surface area contributed by atoms with Crippen LogP contribution in [0, 0.1) is 0 Å². The van der Waals surface area contributed by atoms with Crippen molar-refractivity contribution >= 4 is 20.2 Å². The van der Waals surface area contributed by atoms with Gasteiger partial charge in [0.2, 0.25) is 0 Å². The first kappa shape index (κ1) is 29.8. The fourth-order valence-corrected chi connectivity index (χ4v) is 4.24. The molecule has 1 saturated carbocycles. The fraction of sp³-hybridized carbons (Fsp3) is 1.00. The molecule has 187 valence electrons. The van der Waals surface area contributed by atoms with Crippen molar-refractivity contribution < 1.29 is 27.3 Å². The number of hydrogen-bond donors (Lipinski definition) is 5. The van der Waals surface area contributed by atoms with Crippen LogP contribution >= 0.6 is 20.2 Å². The Balaban J connectivity index is 0.00000151. The van der Waals surface area contributed by atoms with E-state index >= 15 is 0 Å². The van der Waals surface area contributed by atoms with Crippen molar-refractivity contribution in [1.82, 2.24) is 26.6 Å². The molecule has 0 aromatic rings. The van der Waals surface area contributed by atoms with Gasteiger partial charge in [-0.15, -0.1) is 0 Å². The van der Waals surface area contributed by atoms with Crippen molar-refractivity contribution in [2.24, 2.45) is 0 Å². The van der Waals surface area contributed by atoms with Gasteiger partial charge in [-0.25, -0.2) is 0 Å². The summed E-state index contributed by atoms with van der Waals surface area (Å²) in [6, 6.07) is 1.89. The summed E-state index contributed by atoms with van der Waals surface area (Å²) in [5.41, 5.74) is 0. The van der Waals surface area contributed by atoms with Crippen LogP contribution in [0.5, 0.6) is 0 Å². The second-order valence-corrected chi connectivity index (χ2v) is 10.1. The Kier molecular flexibility index (Phi) is 19.4. The monoisotopic (exact) mass is 526 g/mol. The second kappa shape index (κ2) is 20.2. The van der Waals surface area contributed by atoms with E-state index in [1.54, 1.807) is 21.3 Å². The maximum absolute atomic E-state index is 5.45. The van der Waals surface area contributed by atoms with E-state index in [0.717, 1.165) is 32.7 Å². The number of halogens is 2. The molecular formula is C20H43Cl2MnN5O3. The van der Waals surface area contributed by atoms with Gasteiger partial charge >= 0.3 is 33.3 Å². The number of ether oxygens (including phenoxy) is 3. The van der Waals surface area contributed by atoms with E-state index in [1.165, 1.54) is 25.7 Å². The van der Waals surface area contributed by atoms with Gasteiger partial charge in [0.05, 0.1) is 19.8 Å². The zero-order chi connectivity index (χ0) is 22.7. The average molecular weight is 527 g/mol. The first-order valence-corrected chi connectivity index (χ1v) is 14.4. The molecule has 0 amide bonds. The zero-order valence-electron chi connectivity index (χ0n) is 19.2. The van der Waals surface area contributed by atoms with Gasteiger partial charge in [-0.05, 0) is 12.8 Å². The Hall–Kier alpha value is 0.779. The summed E-state index contributed by atoms with van der Waals surface area (Å²) in [4.78, 5) is 0. The molecule has 0 spiro atoms. The van der Waals surface area contributed by atoms with Crippen molar-refractivity contribution in [3.8, 4) is 0 Å². The number of hydrogen-bond acceptors (Lipinski definition) is 8. The molecule has 1 aliphatic carbocycles. The van der Waals surface area contributed by atoms with Gasteiger partial charge in [0.15, 0.2) is 0 Å². The minimum absolute atomic E-state index is 0.00694. The summed E-state index contributed by atoms with van der Waals surface area (Å²) in [7, 11) is 14.9. The van der Waals surface area contributed by atoms with Crippen LogP contribution in [0.25, 0.3) is 0 Å². The molecule has 8 nitrogen and oxygen atoms in total. The first-order valence-electron chi connectivity index (χ1n) is 11.2. The number of nitrogens with one attached hydrogen (secondary N) is 5. The average Bonchev–Trinajstić information content (AvgIpc) is 2.77. The third-order valence-electron chi connectivity index (χ3n) is 5.77. The minimum atomic E-state index is 0.00694. The molecule has 2 unspecified atom stereocenters. The van der Waals surface area contributed by atoms with Crippen LogP contribution in [-0.4, -0.2) is 104 Å². The van der Waals surface area contributed by atoms with E-state index < -0.39 is 0 Å². The van der Waals surface area contributed by atoms with Crippen LogP contribution in [-0.2, 0) is 27.3 Å². The van der Waals surface area contributed by atoms with Gasteiger partial charge in [-0.1, -0.05) is 12.8 Å². The first-order chi connectivity index (χ1) is 15.2. The number of rotatable bonds is 6. The van der Waals surface area contributed by atoms with E-state index in [9.17, 15) is 0 Å². The van der Waals surface area contributed by atoms with E-state index in [-0.39, 0.29) is 31.3 Å². The molecule has 1 aliphatic heterocycles. The Morgan fingerprint density at radius 3 is 1.52 bits per heavy atom. The van der Waals surface area contributed by atoms with E-state index in [4.69, 9.17) is 34.4 Å². The summed E-state index contributed by atoms with van der Waals surface area (Å²) in [5, 5.41) is 18.5. The van der Waals surface area contributed by atoms with Gasteiger partial charge in [-0.3, -0.25) is 0 Å². The topological polar surface area (TPSA) is 87.8 Å². The van der Waals surface area contributed by atoms with E-state index in [1.807, 2.05) is 0 Å².